The fourth-order valence-electron chi connectivity index (χ4n) is 1.51. The van der Waals surface area contributed by atoms with Crippen LogP contribution in [0.25, 0.3) is 0 Å². The van der Waals surface area contributed by atoms with Crippen LogP contribution in [0.5, 0.6) is 0 Å². The van der Waals surface area contributed by atoms with Crippen LogP contribution in [0.2, 0.25) is 5.02 Å². The van der Waals surface area contributed by atoms with Crippen LogP contribution in [0.3, 0.4) is 0 Å². The average molecular weight is 244 g/mol. The van der Waals surface area contributed by atoms with Crippen LogP contribution < -0.4 is 5.73 Å². The summed E-state index contributed by atoms with van der Waals surface area (Å²) in [6, 6.07) is 2.66. The van der Waals surface area contributed by atoms with E-state index < -0.39 is 5.82 Å². The zero-order chi connectivity index (χ0) is 12.3. The van der Waals surface area contributed by atoms with Gasteiger partial charge in [-0.15, -0.1) is 0 Å². The zero-order valence-electron chi connectivity index (χ0n) is 9.39. The van der Waals surface area contributed by atoms with Gasteiger partial charge < -0.3 is 5.73 Å². The van der Waals surface area contributed by atoms with Crippen molar-refractivity contribution in [2.24, 2.45) is 11.7 Å². The standard InChI is InChI=1S/C12H15ClFNO/c1-3-8(6-15)12(16)9-5-11(14)7(2)4-10(9)13/h4-5,8H,3,6,15H2,1-2H3. The lowest BCUT2D eigenvalue weighted by atomic mass is 9.94. The molecule has 1 aromatic carbocycles. The Hall–Kier alpha value is -0.930. The molecule has 1 unspecified atom stereocenters. The molecule has 0 aliphatic rings. The second kappa shape index (κ2) is 5.41. The highest BCUT2D eigenvalue weighted by Crippen LogP contribution is 2.23. The van der Waals surface area contributed by atoms with Crippen molar-refractivity contribution in [1.29, 1.82) is 0 Å². The smallest absolute Gasteiger partial charge is 0.168 e. The molecule has 16 heavy (non-hydrogen) atoms. The van der Waals surface area contributed by atoms with E-state index in [1.165, 1.54) is 12.1 Å². The Morgan fingerprint density at radius 3 is 2.69 bits per heavy atom. The average Bonchev–Trinajstić information content (AvgIpc) is 2.25. The van der Waals surface area contributed by atoms with Crippen LogP contribution in [0.1, 0.15) is 29.3 Å². The summed E-state index contributed by atoms with van der Waals surface area (Å²) in [6.45, 7) is 3.73. The van der Waals surface area contributed by atoms with Gasteiger partial charge in [0.15, 0.2) is 5.78 Å². The molecule has 0 spiro atoms. The topological polar surface area (TPSA) is 43.1 Å². The summed E-state index contributed by atoms with van der Waals surface area (Å²) in [5.74, 6) is -0.895. The summed E-state index contributed by atoms with van der Waals surface area (Å²) in [5.41, 5.74) is 6.14. The molecule has 88 valence electrons. The minimum atomic E-state index is -0.417. The van der Waals surface area contributed by atoms with Crippen LogP contribution in [-0.2, 0) is 0 Å². The van der Waals surface area contributed by atoms with Crippen LogP contribution in [0, 0.1) is 18.7 Å². The molecule has 2 nitrogen and oxygen atoms in total. The normalized spacial score (nSPS) is 12.6. The number of rotatable bonds is 4. The van der Waals surface area contributed by atoms with E-state index in [0.29, 0.717) is 12.0 Å². The third-order valence-electron chi connectivity index (χ3n) is 2.66. The Balaban J connectivity index is 3.13. The second-order valence-electron chi connectivity index (χ2n) is 3.79. The SMILES string of the molecule is CCC(CN)C(=O)c1cc(F)c(C)cc1Cl. The second-order valence-corrected chi connectivity index (χ2v) is 4.19. The van der Waals surface area contributed by atoms with E-state index in [0.717, 1.165) is 0 Å². The Morgan fingerprint density at radius 2 is 2.19 bits per heavy atom. The lowest BCUT2D eigenvalue weighted by molar-refractivity contribution is 0.0921. The van der Waals surface area contributed by atoms with Gasteiger partial charge >= 0.3 is 0 Å². The molecule has 0 fully saturated rings. The van der Waals surface area contributed by atoms with Crippen LogP contribution in [0.4, 0.5) is 4.39 Å². The highest BCUT2D eigenvalue weighted by Gasteiger charge is 2.20. The van der Waals surface area contributed by atoms with E-state index in [4.69, 9.17) is 17.3 Å². The van der Waals surface area contributed by atoms with E-state index in [9.17, 15) is 9.18 Å². The quantitative estimate of drug-likeness (QED) is 0.827. The van der Waals surface area contributed by atoms with Crippen molar-refractivity contribution in [3.05, 3.63) is 34.1 Å². The number of carbonyl (C=O) groups excluding carboxylic acids is 1. The molecule has 4 heteroatoms. The van der Waals surface area contributed by atoms with Gasteiger partial charge in [0.2, 0.25) is 0 Å². The van der Waals surface area contributed by atoms with Gasteiger partial charge in [0.25, 0.3) is 0 Å². The van der Waals surface area contributed by atoms with Crippen molar-refractivity contribution >= 4 is 17.4 Å². The first kappa shape index (κ1) is 13.1. The predicted octanol–water partition coefficient (Wildman–Crippen LogP) is 2.96. The minimum absolute atomic E-state index is 0.186. The Bertz CT molecular complexity index is 402. The van der Waals surface area contributed by atoms with Crippen molar-refractivity contribution < 1.29 is 9.18 Å². The number of nitrogens with two attached hydrogens (primary N) is 1. The van der Waals surface area contributed by atoms with Crippen molar-refractivity contribution in [2.45, 2.75) is 20.3 Å². The summed E-state index contributed by atoms with van der Waals surface area (Å²) in [5, 5.41) is 0.288. The molecule has 0 aliphatic heterocycles. The number of Topliss-reactive ketones (excluding diaryl/α,β-unsaturated/α-hetero) is 1. The van der Waals surface area contributed by atoms with Gasteiger partial charge in [0, 0.05) is 18.0 Å². The Kier molecular flexibility index (Phi) is 4.44. The van der Waals surface area contributed by atoms with Crippen molar-refractivity contribution in [3.8, 4) is 0 Å². The zero-order valence-corrected chi connectivity index (χ0v) is 10.1. The molecule has 0 aliphatic carbocycles. The first-order chi connectivity index (χ1) is 7.51. The molecule has 0 saturated carbocycles. The maximum Gasteiger partial charge on any atom is 0.168 e. The number of hydrogen-bond donors (Lipinski definition) is 1. The predicted molar refractivity (Wildman–Crippen MR) is 63.3 cm³/mol. The van der Waals surface area contributed by atoms with E-state index in [1.807, 2.05) is 6.92 Å². The third kappa shape index (κ3) is 2.60. The van der Waals surface area contributed by atoms with Crippen LogP contribution >= 0.6 is 11.6 Å². The van der Waals surface area contributed by atoms with E-state index in [1.54, 1.807) is 6.92 Å². The summed E-state index contributed by atoms with van der Waals surface area (Å²) >= 11 is 5.93. The molecule has 1 rings (SSSR count). The molecule has 0 bridgehead atoms. The molecule has 0 aromatic heterocycles. The lowest BCUT2D eigenvalue weighted by Gasteiger charge is -2.12. The summed E-state index contributed by atoms with van der Waals surface area (Å²) < 4.78 is 13.3. The van der Waals surface area contributed by atoms with E-state index >= 15 is 0 Å². The Labute approximate surface area is 99.6 Å². The van der Waals surface area contributed by atoms with Gasteiger partial charge in [-0.1, -0.05) is 18.5 Å². The third-order valence-corrected chi connectivity index (χ3v) is 2.97. The molecule has 0 heterocycles. The molecule has 0 saturated heterocycles. The molecular weight excluding hydrogens is 229 g/mol. The number of carbonyl (C=O) groups is 1. The first-order valence-electron chi connectivity index (χ1n) is 5.21. The van der Waals surface area contributed by atoms with Gasteiger partial charge in [-0.05, 0) is 31.0 Å². The van der Waals surface area contributed by atoms with Crippen LogP contribution in [0.15, 0.2) is 12.1 Å². The van der Waals surface area contributed by atoms with Crippen molar-refractivity contribution in [3.63, 3.8) is 0 Å². The van der Waals surface area contributed by atoms with Crippen LogP contribution in [-0.4, -0.2) is 12.3 Å². The lowest BCUT2D eigenvalue weighted by Crippen LogP contribution is -2.23. The first-order valence-corrected chi connectivity index (χ1v) is 5.59. The van der Waals surface area contributed by atoms with Crippen molar-refractivity contribution in [2.75, 3.05) is 6.54 Å². The monoisotopic (exact) mass is 243 g/mol. The molecule has 2 N–H and O–H groups in total. The molecular formula is C12H15ClFNO. The highest BCUT2D eigenvalue weighted by atomic mass is 35.5. The van der Waals surface area contributed by atoms with Gasteiger partial charge in [-0.2, -0.15) is 0 Å². The number of ketones is 1. The number of benzene rings is 1. The summed E-state index contributed by atoms with van der Waals surface area (Å²) in [6.07, 6.45) is 0.626. The maximum absolute atomic E-state index is 13.3. The number of halogens is 2. The maximum atomic E-state index is 13.3. The highest BCUT2D eigenvalue weighted by molar-refractivity contribution is 6.34. The van der Waals surface area contributed by atoms with E-state index in [-0.39, 0.29) is 28.8 Å². The molecule has 0 radical (unpaired) electrons. The van der Waals surface area contributed by atoms with Gasteiger partial charge in [-0.25, -0.2) is 4.39 Å². The van der Waals surface area contributed by atoms with Gasteiger partial charge in [-0.3, -0.25) is 4.79 Å². The number of aryl methyl sites for hydroxylation is 1. The molecule has 1 atom stereocenters. The summed E-state index contributed by atoms with van der Waals surface area (Å²) in [7, 11) is 0. The Morgan fingerprint density at radius 1 is 1.56 bits per heavy atom. The van der Waals surface area contributed by atoms with E-state index in [2.05, 4.69) is 0 Å². The number of hydrogen-bond acceptors (Lipinski definition) is 2. The largest absolute Gasteiger partial charge is 0.330 e. The minimum Gasteiger partial charge on any atom is -0.330 e. The fourth-order valence-corrected chi connectivity index (χ4v) is 1.83. The summed E-state index contributed by atoms with van der Waals surface area (Å²) in [4.78, 5) is 12.0. The molecule has 1 aromatic rings. The van der Waals surface area contributed by atoms with Gasteiger partial charge in [0.05, 0.1) is 5.02 Å². The van der Waals surface area contributed by atoms with Gasteiger partial charge in [0.1, 0.15) is 5.82 Å². The van der Waals surface area contributed by atoms with Crippen molar-refractivity contribution in [1.82, 2.24) is 0 Å². The fraction of sp³-hybridized carbons (Fsp3) is 0.417. The molecule has 0 amide bonds.